The largest absolute Gasteiger partial charge is 0.341 e. The fourth-order valence-electron chi connectivity index (χ4n) is 3.45. The number of aromatic amines is 1. The van der Waals surface area contributed by atoms with Gasteiger partial charge in [-0.1, -0.05) is 42.5 Å². The Kier molecular flexibility index (Phi) is 4.96. The molecule has 2 N–H and O–H groups in total. The Balaban J connectivity index is 1.78. The molecule has 0 aliphatic carbocycles. The van der Waals surface area contributed by atoms with Crippen molar-refractivity contribution in [1.29, 1.82) is 0 Å². The molecule has 1 unspecified atom stereocenters. The number of fused-ring (bicyclic) bond motifs is 1. The highest BCUT2D eigenvalue weighted by molar-refractivity contribution is 6.06. The van der Waals surface area contributed by atoms with Crippen LogP contribution < -0.4 is 10.9 Å². The van der Waals surface area contributed by atoms with E-state index in [1.165, 1.54) is 11.6 Å². The highest BCUT2D eigenvalue weighted by atomic mass is 16.2. The fourth-order valence-corrected chi connectivity index (χ4v) is 3.45. The first-order valence-corrected chi connectivity index (χ1v) is 9.43. The molecule has 0 radical (unpaired) electrons. The monoisotopic (exact) mass is 383 g/mol. The quantitative estimate of drug-likeness (QED) is 0.558. The number of rotatable bonds is 4. The van der Waals surface area contributed by atoms with Crippen molar-refractivity contribution in [2.24, 2.45) is 0 Å². The van der Waals surface area contributed by atoms with Crippen molar-refractivity contribution in [3.63, 3.8) is 0 Å². The van der Waals surface area contributed by atoms with Gasteiger partial charge < -0.3 is 10.3 Å². The van der Waals surface area contributed by atoms with E-state index in [1.807, 2.05) is 49.4 Å². The van der Waals surface area contributed by atoms with Crippen molar-refractivity contribution >= 4 is 16.8 Å². The van der Waals surface area contributed by atoms with Gasteiger partial charge in [-0.25, -0.2) is 0 Å². The van der Waals surface area contributed by atoms with Crippen LogP contribution >= 0.6 is 0 Å². The first-order valence-electron chi connectivity index (χ1n) is 9.43. The molecule has 2 aromatic carbocycles. The number of hydrogen-bond acceptors (Lipinski definition) is 3. The Morgan fingerprint density at radius 3 is 2.55 bits per heavy atom. The van der Waals surface area contributed by atoms with Crippen LogP contribution in [0.25, 0.3) is 10.9 Å². The van der Waals surface area contributed by atoms with Crippen molar-refractivity contribution in [3.05, 3.63) is 111 Å². The van der Waals surface area contributed by atoms with Crippen LogP contribution in [-0.2, 0) is 0 Å². The van der Waals surface area contributed by atoms with Crippen LogP contribution in [0, 0.1) is 13.8 Å². The number of carbonyl (C=O) groups is 1. The van der Waals surface area contributed by atoms with Gasteiger partial charge in [0.15, 0.2) is 0 Å². The predicted octanol–water partition coefficient (Wildman–Crippen LogP) is 4.06. The summed E-state index contributed by atoms with van der Waals surface area (Å²) < 4.78 is 0. The van der Waals surface area contributed by atoms with Crippen LogP contribution in [0.2, 0.25) is 0 Å². The molecule has 5 nitrogen and oxygen atoms in total. The van der Waals surface area contributed by atoms with Crippen LogP contribution in [0.3, 0.4) is 0 Å². The minimum Gasteiger partial charge on any atom is -0.341 e. The van der Waals surface area contributed by atoms with Crippen molar-refractivity contribution in [2.75, 3.05) is 0 Å². The molecule has 0 saturated carbocycles. The molecule has 144 valence electrons. The number of nitrogens with one attached hydrogen (secondary N) is 2. The molecule has 0 spiro atoms. The van der Waals surface area contributed by atoms with Gasteiger partial charge in [0.1, 0.15) is 0 Å². The molecular formula is C24H21N3O2. The Labute approximate surface area is 168 Å². The molecule has 1 amide bonds. The summed E-state index contributed by atoms with van der Waals surface area (Å²) in [5.74, 6) is -0.306. The molecule has 1 atom stereocenters. The lowest BCUT2D eigenvalue weighted by molar-refractivity contribution is 0.0944. The third kappa shape index (κ3) is 3.80. The van der Waals surface area contributed by atoms with Gasteiger partial charge in [-0.05, 0) is 48.2 Å². The number of benzene rings is 2. The van der Waals surface area contributed by atoms with E-state index in [-0.39, 0.29) is 17.5 Å². The number of para-hydroxylation sites is 1. The van der Waals surface area contributed by atoms with Crippen LogP contribution in [-0.4, -0.2) is 15.9 Å². The number of nitrogens with zero attached hydrogens (tertiary/aromatic N) is 1. The van der Waals surface area contributed by atoms with Crippen LogP contribution in [0.5, 0.6) is 0 Å². The Hall–Kier alpha value is -3.73. The van der Waals surface area contributed by atoms with Gasteiger partial charge in [-0.2, -0.15) is 0 Å². The molecule has 2 aromatic heterocycles. The van der Waals surface area contributed by atoms with Crippen molar-refractivity contribution < 1.29 is 4.79 Å². The number of aryl methyl sites for hydroxylation is 2. The molecule has 5 heteroatoms. The second-order valence-electron chi connectivity index (χ2n) is 7.13. The van der Waals surface area contributed by atoms with E-state index >= 15 is 0 Å². The number of H-pyrrole nitrogens is 1. The number of amides is 1. The summed E-state index contributed by atoms with van der Waals surface area (Å²) >= 11 is 0. The average Bonchev–Trinajstić information content (AvgIpc) is 2.74. The summed E-state index contributed by atoms with van der Waals surface area (Å²) in [4.78, 5) is 32.3. The zero-order chi connectivity index (χ0) is 20.4. The lowest BCUT2D eigenvalue weighted by Crippen LogP contribution is -2.30. The van der Waals surface area contributed by atoms with Gasteiger partial charge in [-0.15, -0.1) is 0 Å². The molecule has 0 aliphatic rings. The molecule has 29 heavy (non-hydrogen) atoms. The van der Waals surface area contributed by atoms with Gasteiger partial charge in [0.05, 0.1) is 11.6 Å². The van der Waals surface area contributed by atoms with Crippen molar-refractivity contribution in [2.45, 2.75) is 19.9 Å². The smallest absolute Gasteiger partial charge is 0.252 e. The lowest BCUT2D eigenvalue weighted by Gasteiger charge is -2.21. The second kappa shape index (κ2) is 7.72. The predicted molar refractivity (Wildman–Crippen MR) is 114 cm³/mol. The normalized spacial score (nSPS) is 11.9. The number of aromatic nitrogens is 2. The summed E-state index contributed by atoms with van der Waals surface area (Å²) in [6.07, 6.45) is 3.45. The molecule has 0 saturated heterocycles. The maximum Gasteiger partial charge on any atom is 0.252 e. The standard InChI is InChI=1S/C24H21N3O2/c1-15-9-10-17(12-16(15)2)23(18-6-5-11-25-14-18)27-24(29)20-13-22(28)26-21-8-4-3-7-19(20)21/h3-14,23H,1-2H3,(H,26,28)(H,27,29). The fraction of sp³-hybridized carbons (Fsp3) is 0.125. The third-order valence-electron chi connectivity index (χ3n) is 5.15. The van der Waals surface area contributed by atoms with E-state index in [0.29, 0.717) is 16.5 Å². The first kappa shape index (κ1) is 18.6. The maximum atomic E-state index is 13.2. The third-order valence-corrected chi connectivity index (χ3v) is 5.15. The first-order chi connectivity index (χ1) is 14.0. The summed E-state index contributed by atoms with van der Waals surface area (Å²) in [7, 11) is 0. The van der Waals surface area contributed by atoms with E-state index in [1.54, 1.807) is 18.5 Å². The summed E-state index contributed by atoms with van der Waals surface area (Å²) in [5.41, 5.74) is 4.84. The molecular weight excluding hydrogens is 362 g/mol. The topological polar surface area (TPSA) is 74.8 Å². The van der Waals surface area contributed by atoms with Gasteiger partial charge >= 0.3 is 0 Å². The Bertz CT molecular complexity index is 1250. The van der Waals surface area contributed by atoms with Crippen molar-refractivity contribution in [3.8, 4) is 0 Å². The highest BCUT2D eigenvalue weighted by Crippen LogP contribution is 2.25. The number of pyridine rings is 2. The van der Waals surface area contributed by atoms with Gasteiger partial charge in [-0.3, -0.25) is 14.6 Å². The minimum absolute atomic E-state index is 0.306. The molecule has 0 fully saturated rings. The molecule has 0 bridgehead atoms. The highest BCUT2D eigenvalue weighted by Gasteiger charge is 2.20. The average molecular weight is 383 g/mol. The van der Waals surface area contributed by atoms with Crippen LogP contribution in [0.1, 0.15) is 38.7 Å². The maximum absolute atomic E-state index is 13.2. The molecule has 4 aromatic rings. The van der Waals surface area contributed by atoms with E-state index in [0.717, 1.165) is 16.7 Å². The van der Waals surface area contributed by atoms with E-state index in [9.17, 15) is 9.59 Å². The Morgan fingerprint density at radius 1 is 0.966 bits per heavy atom. The van der Waals surface area contributed by atoms with Crippen LogP contribution in [0.4, 0.5) is 0 Å². The minimum atomic E-state index is -0.381. The summed E-state index contributed by atoms with van der Waals surface area (Å²) in [5, 5.41) is 3.80. The molecule has 0 aliphatic heterocycles. The van der Waals surface area contributed by atoms with E-state index in [2.05, 4.69) is 28.3 Å². The summed E-state index contributed by atoms with van der Waals surface area (Å²) in [6.45, 7) is 4.10. The molecule has 2 heterocycles. The zero-order valence-corrected chi connectivity index (χ0v) is 16.3. The second-order valence-corrected chi connectivity index (χ2v) is 7.13. The van der Waals surface area contributed by atoms with E-state index < -0.39 is 0 Å². The van der Waals surface area contributed by atoms with Gasteiger partial charge in [0.2, 0.25) is 5.56 Å². The van der Waals surface area contributed by atoms with Gasteiger partial charge in [0.25, 0.3) is 5.91 Å². The van der Waals surface area contributed by atoms with Crippen molar-refractivity contribution in [1.82, 2.24) is 15.3 Å². The summed E-state index contributed by atoms with van der Waals surface area (Å²) in [6, 6.07) is 18.2. The Morgan fingerprint density at radius 2 is 1.79 bits per heavy atom. The van der Waals surface area contributed by atoms with Crippen LogP contribution in [0.15, 0.2) is 77.9 Å². The van der Waals surface area contributed by atoms with E-state index in [4.69, 9.17) is 0 Å². The zero-order valence-electron chi connectivity index (χ0n) is 16.3. The number of hydrogen-bond donors (Lipinski definition) is 2. The molecule has 4 rings (SSSR count). The number of carbonyl (C=O) groups excluding carboxylic acids is 1. The SMILES string of the molecule is Cc1ccc(C(NC(=O)c2cc(=O)[nH]c3ccccc23)c2cccnc2)cc1C. The van der Waals surface area contributed by atoms with Gasteiger partial charge in [0, 0.05) is 29.4 Å². The lowest BCUT2D eigenvalue weighted by atomic mass is 9.96.